The van der Waals surface area contributed by atoms with Crippen molar-refractivity contribution in [2.24, 2.45) is 0 Å². The van der Waals surface area contributed by atoms with Gasteiger partial charge in [-0.2, -0.15) is 0 Å². The lowest BCUT2D eigenvalue weighted by molar-refractivity contribution is 0.859. The molecule has 0 saturated carbocycles. The predicted octanol–water partition coefficient (Wildman–Crippen LogP) is 3.34. The maximum Gasteiger partial charge on any atom is 0.276 e. The van der Waals surface area contributed by atoms with Gasteiger partial charge in [-0.25, -0.2) is 9.50 Å². The predicted molar refractivity (Wildman–Crippen MR) is 82.5 cm³/mol. The van der Waals surface area contributed by atoms with E-state index in [1.165, 1.54) is 4.52 Å². The molecule has 0 atom stereocenters. The van der Waals surface area contributed by atoms with E-state index in [0.29, 0.717) is 22.7 Å². The molecular weight excluding hydrogens is 342 g/mol. The number of aryl methyl sites for hydroxylation is 1. The van der Waals surface area contributed by atoms with Crippen molar-refractivity contribution in [3.63, 3.8) is 0 Å². The molecule has 0 aliphatic rings. The summed E-state index contributed by atoms with van der Waals surface area (Å²) < 4.78 is 2.22. The molecular formula is C14H11BrClN3O. The van der Waals surface area contributed by atoms with E-state index in [0.717, 1.165) is 15.7 Å². The number of nitrogens with zero attached hydrogens (tertiary/aromatic N) is 2. The van der Waals surface area contributed by atoms with E-state index in [9.17, 15) is 4.79 Å². The first-order valence-corrected chi connectivity index (χ1v) is 7.23. The summed E-state index contributed by atoms with van der Waals surface area (Å²) in [6.45, 7) is 1.85. The van der Waals surface area contributed by atoms with E-state index >= 15 is 0 Å². The average Bonchev–Trinajstić information content (AvgIpc) is 2.79. The molecule has 0 fully saturated rings. The Morgan fingerprint density at radius 3 is 2.75 bits per heavy atom. The molecule has 2 aromatic heterocycles. The number of hydrogen-bond acceptors (Lipinski definition) is 2. The van der Waals surface area contributed by atoms with E-state index in [1.807, 2.05) is 31.2 Å². The fourth-order valence-electron chi connectivity index (χ4n) is 2.14. The summed E-state index contributed by atoms with van der Waals surface area (Å²) in [5.74, 6) is 0. The van der Waals surface area contributed by atoms with Crippen molar-refractivity contribution < 1.29 is 0 Å². The highest BCUT2D eigenvalue weighted by molar-refractivity contribution is 9.10. The third kappa shape index (κ3) is 2.27. The Balaban J connectivity index is 2.12. The van der Waals surface area contributed by atoms with Crippen molar-refractivity contribution in [2.45, 2.75) is 13.3 Å². The SMILES string of the molecule is Cc1nc2c(Br)c[nH]n2c(=O)c1Cc1ccc(Cl)cc1. The number of rotatable bonds is 2. The lowest BCUT2D eigenvalue weighted by Crippen LogP contribution is -2.22. The highest BCUT2D eigenvalue weighted by atomic mass is 79.9. The molecule has 0 aliphatic carbocycles. The van der Waals surface area contributed by atoms with Crippen molar-refractivity contribution in [3.8, 4) is 0 Å². The van der Waals surface area contributed by atoms with Crippen LogP contribution in [0.5, 0.6) is 0 Å². The Hall–Kier alpha value is -1.59. The molecule has 0 spiro atoms. The summed E-state index contributed by atoms with van der Waals surface area (Å²) in [4.78, 5) is 16.9. The highest BCUT2D eigenvalue weighted by Crippen LogP contribution is 2.17. The molecule has 0 aliphatic heterocycles. The van der Waals surface area contributed by atoms with Crippen LogP contribution in [0.15, 0.2) is 39.7 Å². The summed E-state index contributed by atoms with van der Waals surface area (Å²) in [6, 6.07) is 7.48. The second-order valence-corrected chi connectivity index (χ2v) is 5.86. The van der Waals surface area contributed by atoms with Gasteiger partial charge in [-0.15, -0.1) is 0 Å². The van der Waals surface area contributed by atoms with Gasteiger partial charge in [-0.05, 0) is 40.5 Å². The van der Waals surface area contributed by atoms with Gasteiger partial charge in [0.25, 0.3) is 5.56 Å². The van der Waals surface area contributed by atoms with Crippen LogP contribution in [0, 0.1) is 6.92 Å². The number of halogens is 2. The Kier molecular flexibility index (Phi) is 3.40. The lowest BCUT2D eigenvalue weighted by atomic mass is 10.1. The maximum absolute atomic E-state index is 12.5. The van der Waals surface area contributed by atoms with Gasteiger partial charge in [0.2, 0.25) is 0 Å². The molecule has 1 aromatic carbocycles. The fraction of sp³-hybridized carbons (Fsp3) is 0.143. The number of aromatic nitrogens is 3. The molecule has 20 heavy (non-hydrogen) atoms. The van der Waals surface area contributed by atoms with Crippen molar-refractivity contribution in [2.75, 3.05) is 0 Å². The van der Waals surface area contributed by atoms with Crippen LogP contribution in [0.2, 0.25) is 5.02 Å². The largest absolute Gasteiger partial charge is 0.296 e. The minimum atomic E-state index is -0.0758. The smallest absolute Gasteiger partial charge is 0.276 e. The molecule has 0 saturated heterocycles. The molecule has 3 rings (SSSR count). The van der Waals surface area contributed by atoms with Crippen LogP contribution < -0.4 is 5.56 Å². The summed E-state index contributed by atoms with van der Waals surface area (Å²) in [5, 5.41) is 3.58. The number of nitrogens with one attached hydrogen (secondary N) is 1. The van der Waals surface area contributed by atoms with Gasteiger partial charge in [0.1, 0.15) is 0 Å². The quantitative estimate of drug-likeness (QED) is 0.769. The van der Waals surface area contributed by atoms with Crippen LogP contribution in [0.1, 0.15) is 16.8 Å². The first kappa shape index (κ1) is 13.4. The van der Waals surface area contributed by atoms with Gasteiger partial charge in [0, 0.05) is 28.9 Å². The standard InChI is InChI=1S/C14H11BrClN3O/c1-8-11(6-9-2-4-10(16)5-3-9)14(20)19-13(18-8)12(15)7-17-19/h2-5,7,17H,6H2,1H3. The maximum atomic E-state index is 12.5. The first-order valence-electron chi connectivity index (χ1n) is 6.06. The summed E-state index contributed by atoms with van der Waals surface area (Å²) in [5.41, 5.74) is 2.98. The van der Waals surface area contributed by atoms with E-state index in [-0.39, 0.29) is 5.56 Å². The third-order valence-corrected chi connectivity index (χ3v) is 4.05. The second kappa shape index (κ2) is 5.07. The van der Waals surface area contributed by atoms with Crippen LogP contribution in [0.25, 0.3) is 5.65 Å². The molecule has 0 bridgehead atoms. The van der Waals surface area contributed by atoms with Gasteiger partial charge in [-0.3, -0.25) is 9.89 Å². The van der Waals surface area contributed by atoms with Gasteiger partial charge in [0.05, 0.1) is 4.47 Å². The van der Waals surface area contributed by atoms with Crippen LogP contribution in [0.4, 0.5) is 0 Å². The number of aromatic amines is 1. The van der Waals surface area contributed by atoms with Crippen LogP contribution in [-0.4, -0.2) is 14.6 Å². The van der Waals surface area contributed by atoms with Crippen LogP contribution in [-0.2, 0) is 6.42 Å². The van der Waals surface area contributed by atoms with Gasteiger partial charge < -0.3 is 0 Å². The molecule has 4 nitrogen and oxygen atoms in total. The summed E-state index contributed by atoms with van der Waals surface area (Å²) in [6.07, 6.45) is 2.24. The number of H-pyrrole nitrogens is 1. The average molecular weight is 353 g/mol. The Bertz CT molecular complexity index is 836. The van der Waals surface area contributed by atoms with Crippen molar-refractivity contribution in [1.82, 2.24) is 14.6 Å². The van der Waals surface area contributed by atoms with Gasteiger partial charge >= 0.3 is 0 Å². The lowest BCUT2D eigenvalue weighted by Gasteiger charge is -2.06. The molecule has 0 radical (unpaired) electrons. The molecule has 6 heteroatoms. The van der Waals surface area contributed by atoms with E-state index in [4.69, 9.17) is 11.6 Å². The minimum Gasteiger partial charge on any atom is -0.296 e. The monoisotopic (exact) mass is 351 g/mol. The molecule has 0 unspecified atom stereocenters. The Morgan fingerprint density at radius 1 is 1.35 bits per heavy atom. The minimum absolute atomic E-state index is 0.0758. The highest BCUT2D eigenvalue weighted by Gasteiger charge is 2.13. The van der Waals surface area contributed by atoms with Gasteiger partial charge in [0.15, 0.2) is 5.65 Å². The van der Waals surface area contributed by atoms with Crippen molar-refractivity contribution in [1.29, 1.82) is 0 Å². The van der Waals surface area contributed by atoms with E-state index in [2.05, 4.69) is 26.0 Å². The topological polar surface area (TPSA) is 50.2 Å². The Labute approximate surface area is 128 Å². The van der Waals surface area contributed by atoms with E-state index in [1.54, 1.807) is 6.20 Å². The third-order valence-electron chi connectivity index (χ3n) is 3.21. The van der Waals surface area contributed by atoms with Gasteiger partial charge in [-0.1, -0.05) is 23.7 Å². The number of hydrogen-bond donors (Lipinski definition) is 1. The molecule has 1 N–H and O–H groups in total. The summed E-state index contributed by atoms with van der Waals surface area (Å²) >= 11 is 9.24. The van der Waals surface area contributed by atoms with Crippen molar-refractivity contribution in [3.05, 3.63) is 67.1 Å². The normalized spacial score (nSPS) is 11.2. The van der Waals surface area contributed by atoms with Crippen molar-refractivity contribution >= 4 is 33.2 Å². The van der Waals surface area contributed by atoms with Crippen LogP contribution >= 0.6 is 27.5 Å². The first-order chi connectivity index (χ1) is 9.56. The zero-order chi connectivity index (χ0) is 14.3. The molecule has 3 aromatic rings. The molecule has 0 amide bonds. The fourth-order valence-corrected chi connectivity index (χ4v) is 2.63. The van der Waals surface area contributed by atoms with E-state index < -0.39 is 0 Å². The second-order valence-electron chi connectivity index (χ2n) is 4.56. The zero-order valence-electron chi connectivity index (χ0n) is 10.7. The molecule has 2 heterocycles. The number of benzene rings is 1. The number of fused-ring (bicyclic) bond motifs is 1. The summed E-state index contributed by atoms with van der Waals surface area (Å²) in [7, 11) is 0. The zero-order valence-corrected chi connectivity index (χ0v) is 13.0. The Morgan fingerprint density at radius 2 is 2.05 bits per heavy atom. The van der Waals surface area contributed by atoms with Crippen LogP contribution in [0.3, 0.4) is 0 Å². The molecule has 102 valence electrons.